The molecule has 1 rings (SSSR count). The highest BCUT2D eigenvalue weighted by Crippen LogP contribution is 2.57. The molecule has 1 aliphatic rings. The van der Waals surface area contributed by atoms with Crippen LogP contribution in [0.15, 0.2) is 0 Å². The molecule has 0 amide bonds. The van der Waals surface area contributed by atoms with Crippen LogP contribution in [0.1, 0.15) is 53.9 Å². The molecule has 1 saturated carbocycles. The maximum Gasteiger partial charge on any atom is -0.0275 e. The molecule has 0 spiro atoms. The molecule has 0 heterocycles. The molecule has 0 radical (unpaired) electrons. The van der Waals surface area contributed by atoms with Gasteiger partial charge in [0, 0.05) is 0 Å². The zero-order valence-corrected chi connectivity index (χ0v) is 8.70. The molecule has 1 fully saturated rings. The lowest BCUT2D eigenvalue weighted by molar-refractivity contribution is 0.0914. The zero-order chi connectivity index (χ0) is 8.70. The minimum Gasteiger partial charge on any atom is -0.0648 e. The van der Waals surface area contributed by atoms with E-state index >= 15 is 0 Å². The van der Waals surface area contributed by atoms with Crippen LogP contribution < -0.4 is 0 Å². The summed E-state index contributed by atoms with van der Waals surface area (Å²) in [5, 5.41) is 0. The highest BCUT2D eigenvalue weighted by atomic mass is 14.5. The van der Waals surface area contributed by atoms with Crippen LogP contribution in [0.5, 0.6) is 0 Å². The fourth-order valence-corrected chi connectivity index (χ4v) is 2.45. The predicted octanol–water partition coefficient (Wildman–Crippen LogP) is 3.86. The van der Waals surface area contributed by atoms with E-state index in [4.69, 9.17) is 0 Å². The van der Waals surface area contributed by atoms with Crippen LogP contribution in [0.25, 0.3) is 0 Å². The van der Waals surface area contributed by atoms with Crippen LogP contribution >= 0.6 is 0 Å². The quantitative estimate of drug-likeness (QED) is 0.538. The van der Waals surface area contributed by atoms with Gasteiger partial charge in [0.15, 0.2) is 0 Å². The fourth-order valence-electron chi connectivity index (χ4n) is 2.45. The molecule has 0 nitrogen and oxygen atoms in total. The summed E-state index contributed by atoms with van der Waals surface area (Å²) in [6.07, 6.45) is 4.19. The third-order valence-electron chi connectivity index (χ3n) is 4.70. The molecule has 66 valence electrons. The van der Waals surface area contributed by atoms with E-state index < -0.39 is 0 Å². The van der Waals surface area contributed by atoms with Crippen molar-refractivity contribution in [3.05, 3.63) is 0 Å². The summed E-state index contributed by atoms with van der Waals surface area (Å²) >= 11 is 0. The Balaban J connectivity index is 2.86. The molecule has 0 aromatic rings. The molecule has 0 aromatic carbocycles. The third kappa shape index (κ3) is 1.11. The molecule has 11 heavy (non-hydrogen) atoms. The molecule has 0 saturated heterocycles. The Kier molecular flexibility index (Phi) is 2.07. The largest absolute Gasteiger partial charge is 0.0648 e. The van der Waals surface area contributed by atoms with E-state index in [0.717, 1.165) is 5.92 Å². The van der Waals surface area contributed by atoms with Gasteiger partial charge in [0.05, 0.1) is 0 Å². The molecule has 0 N–H and O–H groups in total. The van der Waals surface area contributed by atoms with Gasteiger partial charge in [0.2, 0.25) is 0 Å². The monoisotopic (exact) mass is 154 g/mol. The Morgan fingerprint density at radius 1 is 1.27 bits per heavy atom. The standard InChI is InChI=1S/C11H22/c1-6-11(5)8-7-9(2)10(11,3)4/h9H,6-8H2,1-5H3. The second-order valence-corrected chi connectivity index (χ2v) is 5.08. The smallest absolute Gasteiger partial charge is 0.0275 e. The molecule has 2 unspecified atom stereocenters. The van der Waals surface area contributed by atoms with Gasteiger partial charge in [-0.05, 0) is 29.6 Å². The van der Waals surface area contributed by atoms with Gasteiger partial charge < -0.3 is 0 Å². The number of hydrogen-bond acceptors (Lipinski definition) is 0. The number of hydrogen-bond donors (Lipinski definition) is 0. The fraction of sp³-hybridized carbons (Fsp3) is 1.00. The Hall–Kier alpha value is 0. The van der Waals surface area contributed by atoms with E-state index in [1.54, 1.807) is 0 Å². The van der Waals surface area contributed by atoms with E-state index in [-0.39, 0.29) is 0 Å². The van der Waals surface area contributed by atoms with Crippen molar-refractivity contribution < 1.29 is 0 Å². The van der Waals surface area contributed by atoms with Crippen LogP contribution in [0.2, 0.25) is 0 Å². The molecule has 0 heteroatoms. The molecule has 0 aliphatic heterocycles. The van der Waals surface area contributed by atoms with Crippen molar-refractivity contribution in [3.63, 3.8) is 0 Å². The van der Waals surface area contributed by atoms with Crippen LogP contribution in [0.3, 0.4) is 0 Å². The van der Waals surface area contributed by atoms with E-state index in [1.165, 1.54) is 19.3 Å². The van der Waals surface area contributed by atoms with Crippen molar-refractivity contribution in [2.24, 2.45) is 16.7 Å². The van der Waals surface area contributed by atoms with Gasteiger partial charge in [-0.15, -0.1) is 0 Å². The first-order chi connectivity index (χ1) is 4.94. The average molecular weight is 154 g/mol. The van der Waals surface area contributed by atoms with Gasteiger partial charge in [-0.1, -0.05) is 41.0 Å². The van der Waals surface area contributed by atoms with Crippen molar-refractivity contribution in [3.8, 4) is 0 Å². The summed E-state index contributed by atoms with van der Waals surface area (Å²) in [5.41, 5.74) is 1.16. The normalized spacial score (nSPS) is 42.8. The average Bonchev–Trinajstić information content (AvgIpc) is 2.15. The third-order valence-corrected chi connectivity index (χ3v) is 4.70. The molecule has 0 aromatic heterocycles. The van der Waals surface area contributed by atoms with Crippen LogP contribution in [0.4, 0.5) is 0 Å². The predicted molar refractivity (Wildman–Crippen MR) is 50.6 cm³/mol. The lowest BCUT2D eigenvalue weighted by atomic mass is 9.65. The Bertz CT molecular complexity index is 143. The maximum atomic E-state index is 2.45. The molecule has 1 aliphatic carbocycles. The van der Waals surface area contributed by atoms with Gasteiger partial charge in [-0.3, -0.25) is 0 Å². The summed E-state index contributed by atoms with van der Waals surface area (Å²) in [5.74, 6) is 0.910. The highest BCUT2D eigenvalue weighted by Gasteiger charge is 2.47. The van der Waals surface area contributed by atoms with Crippen molar-refractivity contribution in [2.45, 2.75) is 53.9 Å². The summed E-state index contributed by atoms with van der Waals surface area (Å²) < 4.78 is 0. The van der Waals surface area contributed by atoms with Crippen molar-refractivity contribution in [1.29, 1.82) is 0 Å². The van der Waals surface area contributed by atoms with Crippen LogP contribution in [0, 0.1) is 16.7 Å². The van der Waals surface area contributed by atoms with E-state index in [9.17, 15) is 0 Å². The SMILES string of the molecule is CCC1(C)CCC(C)C1(C)C. The van der Waals surface area contributed by atoms with Gasteiger partial charge in [-0.2, -0.15) is 0 Å². The Labute approximate surface area is 71.4 Å². The maximum absolute atomic E-state index is 2.45. The zero-order valence-electron chi connectivity index (χ0n) is 8.70. The van der Waals surface area contributed by atoms with E-state index in [1.807, 2.05) is 0 Å². The van der Waals surface area contributed by atoms with Crippen molar-refractivity contribution >= 4 is 0 Å². The molecular weight excluding hydrogens is 132 g/mol. The molecule has 0 bridgehead atoms. The van der Waals surface area contributed by atoms with Gasteiger partial charge in [0.25, 0.3) is 0 Å². The second-order valence-electron chi connectivity index (χ2n) is 5.08. The summed E-state index contributed by atoms with van der Waals surface area (Å²) in [4.78, 5) is 0. The van der Waals surface area contributed by atoms with E-state index in [0.29, 0.717) is 10.8 Å². The topological polar surface area (TPSA) is 0 Å². The minimum absolute atomic E-state index is 0.557. The first kappa shape index (κ1) is 9.09. The van der Waals surface area contributed by atoms with Crippen LogP contribution in [-0.4, -0.2) is 0 Å². The molecular formula is C11H22. The second kappa shape index (κ2) is 2.50. The number of rotatable bonds is 1. The molecule has 2 atom stereocenters. The van der Waals surface area contributed by atoms with Gasteiger partial charge >= 0.3 is 0 Å². The van der Waals surface area contributed by atoms with Crippen molar-refractivity contribution in [1.82, 2.24) is 0 Å². The lowest BCUT2D eigenvalue weighted by Gasteiger charge is -2.40. The Morgan fingerprint density at radius 3 is 2.00 bits per heavy atom. The highest BCUT2D eigenvalue weighted by molar-refractivity contribution is 4.97. The first-order valence-corrected chi connectivity index (χ1v) is 4.94. The lowest BCUT2D eigenvalue weighted by Crippen LogP contribution is -2.32. The van der Waals surface area contributed by atoms with Crippen molar-refractivity contribution in [2.75, 3.05) is 0 Å². The van der Waals surface area contributed by atoms with Crippen LogP contribution in [-0.2, 0) is 0 Å². The van der Waals surface area contributed by atoms with Gasteiger partial charge in [-0.25, -0.2) is 0 Å². The Morgan fingerprint density at radius 2 is 1.82 bits per heavy atom. The van der Waals surface area contributed by atoms with E-state index in [2.05, 4.69) is 34.6 Å². The minimum atomic E-state index is 0.557. The van der Waals surface area contributed by atoms with Gasteiger partial charge in [0.1, 0.15) is 0 Å². The summed E-state index contributed by atoms with van der Waals surface area (Å²) in [6, 6.07) is 0. The summed E-state index contributed by atoms with van der Waals surface area (Å²) in [7, 11) is 0. The summed E-state index contributed by atoms with van der Waals surface area (Å²) in [6.45, 7) is 12.1. The first-order valence-electron chi connectivity index (χ1n) is 4.94.